The maximum absolute atomic E-state index is 11.5. The number of carbonyl (C=O) groups is 2. The average Bonchev–Trinajstić information content (AvgIpc) is 2.36. The predicted molar refractivity (Wildman–Crippen MR) is 76.8 cm³/mol. The fourth-order valence-electron chi connectivity index (χ4n) is 1.60. The first-order valence-electron chi connectivity index (χ1n) is 5.95. The third-order valence-corrected chi connectivity index (χ3v) is 3.36. The Morgan fingerprint density at radius 2 is 2.05 bits per heavy atom. The molecule has 19 heavy (non-hydrogen) atoms. The van der Waals surface area contributed by atoms with Gasteiger partial charge in [-0.2, -0.15) is 0 Å². The lowest BCUT2D eigenvalue weighted by molar-refractivity contribution is -0.143. The van der Waals surface area contributed by atoms with Crippen LogP contribution in [0, 0.1) is 0 Å². The van der Waals surface area contributed by atoms with E-state index in [2.05, 4.69) is 26.0 Å². The van der Waals surface area contributed by atoms with E-state index in [-0.39, 0.29) is 17.7 Å². The van der Waals surface area contributed by atoms with Gasteiger partial charge in [-0.25, -0.2) is 0 Å². The maximum Gasteiger partial charge on any atom is 0.315 e. The number of nitrogens with one attached hydrogen (secondary N) is 1. The molecule has 0 aliphatic rings. The van der Waals surface area contributed by atoms with Crippen molar-refractivity contribution in [2.24, 2.45) is 0 Å². The van der Waals surface area contributed by atoms with Crippen molar-refractivity contribution >= 4 is 27.8 Å². The normalized spacial score (nSPS) is 10.9. The minimum atomic E-state index is -0.530. The molecule has 1 amide bonds. The van der Waals surface area contributed by atoms with Gasteiger partial charge in [0.05, 0.1) is 7.11 Å². The summed E-state index contributed by atoms with van der Waals surface area (Å²) in [4.78, 5) is 22.5. The SMILES string of the molecule is COC(=O)CC(=O)NCC(C)(C)c1cccc(Br)c1. The molecular weight excluding hydrogens is 310 g/mol. The minimum absolute atomic E-state index is 0.213. The Bertz CT molecular complexity index is 472. The summed E-state index contributed by atoms with van der Waals surface area (Å²) in [5.41, 5.74) is 0.899. The molecule has 0 bridgehead atoms. The minimum Gasteiger partial charge on any atom is -0.469 e. The summed E-state index contributed by atoms with van der Waals surface area (Å²) >= 11 is 3.43. The number of benzene rings is 1. The van der Waals surface area contributed by atoms with Gasteiger partial charge in [0.15, 0.2) is 0 Å². The van der Waals surface area contributed by atoms with E-state index < -0.39 is 5.97 Å². The van der Waals surface area contributed by atoms with E-state index in [0.717, 1.165) is 10.0 Å². The van der Waals surface area contributed by atoms with Crippen LogP contribution in [0.5, 0.6) is 0 Å². The predicted octanol–water partition coefficient (Wildman–Crippen LogP) is 2.41. The monoisotopic (exact) mass is 327 g/mol. The Labute approximate surface area is 121 Å². The zero-order valence-electron chi connectivity index (χ0n) is 11.3. The first-order valence-corrected chi connectivity index (χ1v) is 6.74. The van der Waals surface area contributed by atoms with Crippen LogP contribution in [0.1, 0.15) is 25.8 Å². The molecule has 0 radical (unpaired) electrons. The Kier molecular flexibility index (Phi) is 5.54. The van der Waals surface area contributed by atoms with Crippen molar-refractivity contribution in [1.82, 2.24) is 5.32 Å². The first kappa shape index (κ1) is 15.7. The maximum atomic E-state index is 11.5. The van der Waals surface area contributed by atoms with Crippen molar-refractivity contribution in [3.05, 3.63) is 34.3 Å². The smallest absolute Gasteiger partial charge is 0.315 e. The van der Waals surface area contributed by atoms with Crippen molar-refractivity contribution in [1.29, 1.82) is 0 Å². The molecule has 0 saturated carbocycles. The van der Waals surface area contributed by atoms with Crippen LogP contribution >= 0.6 is 15.9 Å². The van der Waals surface area contributed by atoms with Crippen molar-refractivity contribution in [2.75, 3.05) is 13.7 Å². The van der Waals surface area contributed by atoms with Crippen molar-refractivity contribution in [3.63, 3.8) is 0 Å². The fourth-order valence-corrected chi connectivity index (χ4v) is 2.00. The van der Waals surface area contributed by atoms with Gasteiger partial charge >= 0.3 is 5.97 Å². The summed E-state index contributed by atoms with van der Waals surface area (Å²) in [6.45, 7) is 4.53. The Morgan fingerprint density at radius 3 is 2.63 bits per heavy atom. The molecule has 4 nitrogen and oxygen atoms in total. The molecule has 0 aliphatic heterocycles. The largest absolute Gasteiger partial charge is 0.469 e. The average molecular weight is 328 g/mol. The topological polar surface area (TPSA) is 55.4 Å². The summed E-state index contributed by atoms with van der Waals surface area (Å²) in [6.07, 6.45) is -0.245. The fraction of sp³-hybridized carbons (Fsp3) is 0.429. The molecule has 104 valence electrons. The zero-order chi connectivity index (χ0) is 14.5. The van der Waals surface area contributed by atoms with Crippen LogP contribution in [0.3, 0.4) is 0 Å². The second-order valence-corrected chi connectivity index (χ2v) is 5.84. The third kappa shape index (κ3) is 5.03. The number of methoxy groups -OCH3 is 1. The highest BCUT2D eigenvalue weighted by molar-refractivity contribution is 9.10. The second kappa shape index (κ2) is 6.70. The number of halogens is 1. The number of esters is 1. The van der Waals surface area contributed by atoms with E-state index in [1.54, 1.807) is 0 Å². The highest BCUT2D eigenvalue weighted by Crippen LogP contribution is 2.25. The molecule has 0 atom stereocenters. The quantitative estimate of drug-likeness (QED) is 0.667. The molecular formula is C14H18BrNO3. The van der Waals surface area contributed by atoms with Crippen LogP contribution in [0.25, 0.3) is 0 Å². The summed E-state index contributed by atoms with van der Waals surface area (Å²) in [5, 5.41) is 2.75. The first-order chi connectivity index (χ1) is 8.85. The Balaban J connectivity index is 2.60. The summed E-state index contributed by atoms with van der Waals surface area (Å²) in [5.74, 6) is -0.854. The van der Waals surface area contributed by atoms with E-state index in [0.29, 0.717) is 6.54 Å². The summed E-state index contributed by atoms with van der Waals surface area (Å²) < 4.78 is 5.45. The van der Waals surface area contributed by atoms with Gasteiger partial charge in [0, 0.05) is 16.4 Å². The molecule has 1 aromatic rings. The van der Waals surface area contributed by atoms with Gasteiger partial charge in [0.25, 0.3) is 0 Å². The molecule has 0 saturated heterocycles. The van der Waals surface area contributed by atoms with Gasteiger partial charge in [-0.15, -0.1) is 0 Å². The lowest BCUT2D eigenvalue weighted by Gasteiger charge is -2.25. The number of ether oxygens (including phenoxy) is 1. The van der Waals surface area contributed by atoms with E-state index in [9.17, 15) is 9.59 Å². The van der Waals surface area contributed by atoms with Crippen LogP contribution < -0.4 is 5.32 Å². The molecule has 0 fully saturated rings. The Morgan fingerprint density at radius 1 is 1.37 bits per heavy atom. The summed E-state index contributed by atoms with van der Waals surface area (Å²) in [7, 11) is 1.26. The van der Waals surface area contributed by atoms with Gasteiger partial charge in [-0.3, -0.25) is 9.59 Å². The molecule has 0 unspecified atom stereocenters. The van der Waals surface area contributed by atoms with Gasteiger partial charge in [0.2, 0.25) is 5.91 Å². The molecule has 1 N–H and O–H groups in total. The van der Waals surface area contributed by atoms with Crippen LogP contribution in [-0.4, -0.2) is 25.5 Å². The number of hydrogen-bond donors (Lipinski definition) is 1. The van der Waals surface area contributed by atoms with Gasteiger partial charge in [-0.1, -0.05) is 41.9 Å². The number of amides is 1. The van der Waals surface area contributed by atoms with Crippen LogP contribution in [0.2, 0.25) is 0 Å². The lowest BCUT2D eigenvalue weighted by Crippen LogP contribution is -2.37. The zero-order valence-corrected chi connectivity index (χ0v) is 12.9. The van der Waals surface area contributed by atoms with Crippen LogP contribution in [0.15, 0.2) is 28.7 Å². The van der Waals surface area contributed by atoms with E-state index in [4.69, 9.17) is 0 Å². The standard InChI is InChI=1S/C14H18BrNO3/c1-14(2,10-5-4-6-11(15)7-10)9-16-12(17)8-13(18)19-3/h4-7H,8-9H2,1-3H3,(H,16,17). The third-order valence-electron chi connectivity index (χ3n) is 2.87. The molecule has 1 aromatic carbocycles. The lowest BCUT2D eigenvalue weighted by atomic mass is 9.84. The molecule has 0 spiro atoms. The molecule has 0 aromatic heterocycles. The van der Waals surface area contributed by atoms with E-state index in [1.807, 2.05) is 38.1 Å². The van der Waals surface area contributed by atoms with Gasteiger partial charge in [-0.05, 0) is 17.7 Å². The van der Waals surface area contributed by atoms with Crippen molar-refractivity contribution < 1.29 is 14.3 Å². The van der Waals surface area contributed by atoms with E-state index in [1.165, 1.54) is 7.11 Å². The molecule has 0 aliphatic carbocycles. The number of carbonyl (C=O) groups excluding carboxylic acids is 2. The van der Waals surface area contributed by atoms with Crippen molar-refractivity contribution in [3.8, 4) is 0 Å². The second-order valence-electron chi connectivity index (χ2n) is 4.92. The van der Waals surface area contributed by atoms with Crippen LogP contribution in [0.4, 0.5) is 0 Å². The van der Waals surface area contributed by atoms with Crippen molar-refractivity contribution in [2.45, 2.75) is 25.7 Å². The Hall–Kier alpha value is -1.36. The number of hydrogen-bond acceptors (Lipinski definition) is 3. The summed E-state index contributed by atoms with van der Waals surface area (Å²) in [6, 6.07) is 7.94. The number of rotatable bonds is 5. The van der Waals surface area contributed by atoms with E-state index >= 15 is 0 Å². The molecule has 5 heteroatoms. The van der Waals surface area contributed by atoms with Crippen LogP contribution in [-0.2, 0) is 19.7 Å². The highest BCUT2D eigenvalue weighted by Gasteiger charge is 2.22. The highest BCUT2D eigenvalue weighted by atomic mass is 79.9. The molecule has 0 heterocycles. The van der Waals surface area contributed by atoms with Gasteiger partial charge < -0.3 is 10.1 Å². The van der Waals surface area contributed by atoms with Gasteiger partial charge in [0.1, 0.15) is 6.42 Å². The molecule has 1 rings (SSSR count).